The van der Waals surface area contributed by atoms with E-state index in [1.807, 2.05) is 76.5 Å². The number of rotatable bonds is 4. The van der Waals surface area contributed by atoms with Gasteiger partial charge in [-0.05, 0) is 47.0 Å². The van der Waals surface area contributed by atoms with Gasteiger partial charge in [-0.25, -0.2) is 4.98 Å². The molecule has 4 aromatic rings. The van der Waals surface area contributed by atoms with Crippen LogP contribution in [0, 0.1) is 0 Å². The molecule has 7 nitrogen and oxygen atoms in total. The van der Waals surface area contributed by atoms with Crippen LogP contribution in [0.4, 0.5) is 5.95 Å². The number of aliphatic hydroxyl groups excluding tert-OH is 1. The third-order valence-corrected chi connectivity index (χ3v) is 6.04. The number of nitrogens with one attached hydrogen (secondary N) is 1. The van der Waals surface area contributed by atoms with Crippen molar-refractivity contribution in [2.24, 2.45) is 0 Å². The second-order valence-corrected chi connectivity index (χ2v) is 8.12. The molecule has 1 aromatic heterocycles. The van der Waals surface area contributed by atoms with Crippen molar-refractivity contribution in [3.05, 3.63) is 94.3 Å². The highest BCUT2D eigenvalue weighted by Crippen LogP contribution is 2.22. The molecule has 166 valence electrons. The van der Waals surface area contributed by atoms with Gasteiger partial charge in [-0.15, -0.1) is 0 Å². The van der Waals surface area contributed by atoms with E-state index in [0.717, 1.165) is 16.7 Å². The molecule has 5 rings (SSSR count). The van der Waals surface area contributed by atoms with E-state index in [1.165, 1.54) is 0 Å². The summed E-state index contributed by atoms with van der Waals surface area (Å²) in [5.41, 5.74) is 4.01. The maximum atomic E-state index is 13.0. The number of benzene rings is 3. The molecule has 3 aromatic carbocycles. The van der Waals surface area contributed by atoms with Crippen LogP contribution < -0.4 is 10.5 Å². The monoisotopic (exact) mass is 440 g/mol. The summed E-state index contributed by atoms with van der Waals surface area (Å²) < 4.78 is 0. The van der Waals surface area contributed by atoms with Crippen LogP contribution in [0.5, 0.6) is 0 Å². The van der Waals surface area contributed by atoms with Gasteiger partial charge in [0.25, 0.3) is 11.5 Å². The van der Waals surface area contributed by atoms with Gasteiger partial charge in [0.1, 0.15) is 0 Å². The average molecular weight is 441 g/mol. The van der Waals surface area contributed by atoms with Crippen molar-refractivity contribution in [3.8, 4) is 11.1 Å². The molecule has 0 atom stereocenters. The number of anilines is 1. The second kappa shape index (κ2) is 8.88. The Morgan fingerprint density at radius 1 is 0.909 bits per heavy atom. The van der Waals surface area contributed by atoms with Gasteiger partial charge in [0.05, 0.1) is 17.5 Å². The van der Waals surface area contributed by atoms with E-state index in [1.54, 1.807) is 6.07 Å². The molecule has 0 unspecified atom stereocenters. The predicted molar refractivity (Wildman–Crippen MR) is 128 cm³/mol. The van der Waals surface area contributed by atoms with Crippen molar-refractivity contribution >= 4 is 22.8 Å². The quantitative estimate of drug-likeness (QED) is 0.509. The number of hydrogen-bond acceptors (Lipinski definition) is 5. The molecular weight excluding hydrogens is 416 g/mol. The van der Waals surface area contributed by atoms with Gasteiger partial charge in [-0.3, -0.25) is 14.6 Å². The maximum absolute atomic E-state index is 13.0. The van der Waals surface area contributed by atoms with Crippen LogP contribution in [0.15, 0.2) is 77.6 Å². The number of aromatic nitrogens is 2. The van der Waals surface area contributed by atoms with Crippen molar-refractivity contribution in [2.45, 2.75) is 6.61 Å². The first-order valence-electron chi connectivity index (χ1n) is 11.0. The zero-order valence-electron chi connectivity index (χ0n) is 18.1. The lowest BCUT2D eigenvalue weighted by Gasteiger charge is -2.35. The summed E-state index contributed by atoms with van der Waals surface area (Å²) in [4.78, 5) is 36.7. The number of carbonyl (C=O) groups is 1. The number of aliphatic hydroxyl groups is 1. The number of carbonyl (C=O) groups excluding carboxylic acids is 1. The number of para-hydroxylation sites is 1. The Morgan fingerprint density at radius 3 is 2.42 bits per heavy atom. The van der Waals surface area contributed by atoms with E-state index in [9.17, 15) is 14.7 Å². The molecule has 0 saturated carbocycles. The zero-order valence-corrected chi connectivity index (χ0v) is 18.1. The van der Waals surface area contributed by atoms with Crippen LogP contribution in [-0.2, 0) is 6.61 Å². The Bertz CT molecular complexity index is 1360. The van der Waals surface area contributed by atoms with Gasteiger partial charge in [0.2, 0.25) is 5.95 Å². The summed E-state index contributed by atoms with van der Waals surface area (Å²) in [6.07, 6.45) is 0. The first-order valence-corrected chi connectivity index (χ1v) is 11.0. The summed E-state index contributed by atoms with van der Waals surface area (Å²) in [6, 6.07) is 22.6. The van der Waals surface area contributed by atoms with Crippen molar-refractivity contribution in [1.29, 1.82) is 0 Å². The molecule has 33 heavy (non-hydrogen) atoms. The van der Waals surface area contributed by atoms with Crippen molar-refractivity contribution < 1.29 is 9.90 Å². The van der Waals surface area contributed by atoms with Crippen molar-refractivity contribution in [1.82, 2.24) is 14.9 Å². The van der Waals surface area contributed by atoms with Crippen molar-refractivity contribution in [2.75, 3.05) is 31.1 Å². The first kappa shape index (κ1) is 20.9. The molecule has 0 bridgehead atoms. The summed E-state index contributed by atoms with van der Waals surface area (Å²) in [6.45, 7) is 2.29. The van der Waals surface area contributed by atoms with E-state index in [-0.39, 0.29) is 18.1 Å². The number of hydrogen-bond donors (Lipinski definition) is 2. The fraction of sp³-hybridized carbons (Fsp3) is 0.192. The highest BCUT2D eigenvalue weighted by molar-refractivity contribution is 5.95. The van der Waals surface area contributed by atoms with Gasteiger partial charge in [-0.1, -0.05) is 42.5 Å². The molecule has 0 radical (unpaired) electrons. The predicted octanol–water partition coefficient (Wildman–Crippen LogP) is 3.04. The SMILES string of the molecule is O=C(c1ccc(-c2cccc(CO)c2)cc1)N1CCN(c2nc3ccccc3c(=O)[nH]2)CC1. The van der Waals surface area contributed by atoms with Gasteiger partial charge in [0.15, 0.2) is 0 Å². The van der Waals surface area contributed by atoms with Crippen LogP contribution in [0.3, 0.4) is 0 Å². The van der Waals surface area contributed by atoms with E-state index in [4.69, 9.17) is 0 Å². The standard InChI is InChI=1S/C26H24N4O3/c31-17-18-4-3-5-21(16-18)19-8-10-20(11-9-19)25(33)29-12-14-30(15-13-29)26-27-23-7-2-1-6-22(23)24(32)28-26/h1-11,16,31H,12-15,17H2,(H,27,28,32). The molecular formula is C26H24N4O3. The summed E-state index contributed by atoms with van der Waals surface area (Å²) in [7, 11) is 0. The fourth-order valence-corrected chi connectivity index (χ4v) is 4.18. The first-order chi connectivity index (χ1) is 16.1. The highest BCUT2D eigenvalue weighted by atomic mass is 16.3. The minimum absolute atomic E-state index is 0.000990. The maximum Gasteiger partial charge on any atom is 0.260 e. The minimum atomic E-state index is -0.154. The minimum Gasteiger partial charge on any atom is -0.392 e. The lowest BCUT2D eigenvalue weighted by molar-refractivity contribution is 0.0746. The molecule has 1 saturated heterocycles. The van der Waals surface area contributed by atoms with Gasteiger partial charge in [-0.2, -0.15) is 0 Å². The molecule has 0 spiro atoms. The van der Waals surface area contributed by atoms with Crippen molar-refractivity contribution in [3.63, 3.8) is 0 Å². The van der Waals surface area contributed by atoms with E-state index < -0.39 is 0 Å². The normalized spacial score (nSPS) is 14.0. The molecule has 1 fully saturated rings. The largest absolute Gasteiger partial charge is 0.392 e. The van der Waals surface area contributed by atoms with Gasteiger partial charge in [0, 0.05) is 31.7 Å². The van der Waals surface area contributed by atoms with Gasteiger partial charge < -0.3 is 14.9 Å². The third-order valence-electron chi connectivity index (χ3n) is 6.04. The number of amides is 1. The Balaban J connectivity index is 1.26. The smallest absolute Gasteiger partial charge is 0.260 e. The third kappa shape index (κ3) is 4.23. The fourth-order valence-electron chi connectivity index (χ4n) is 4.18. The highest BCUT2D eigenvalue weighted by Gasteiger charge is 2.23. The topological polar surface area (TPSA) is 89.5 Å². The Kier molecular flexibility index (Phi) is 5.62. The van der Waals surface area contributed by atoms with E-state index in [2.05, 4.69) is 9.97 Å². The Labute approximate surface area is 190 Å². The average Bonchev–Trinajstić information content (AvgIpc) is 2.88. The van der Waals surface area contributed by atoms with Crippen LogP contribution in [-0.4, -0.2) is 52.1 Å². The number of fused-ring (bicyclic) bond motifs is 1. The lowest BCUT2D eigenvalue weighted by Crippen LogP contribution is -2.49. The van der Waals surface area contributed by atoms with E-state index >= 15 is 0 Å². The number of H-pyrrole nitrogens is 1. The number of aromatic amines is 1. The van der Waals surface area contributed by atoms with Crippen LogP contribution in [0.2, 0.25) is 0 Å². The van der Waals surface area contributed by atoms with Gasteiger partial charge >= 0.3 is 0 Å². The number of nitrogens with zero attached hydrogens (tertiary/aromatic N) is 3. The molecule has 2 N–H and O–H groups in total. The Morgan fingerprint density at radius 2 is 1.67 bits per heavy atom. The molecule has 0 aliphatic carbocycles. The van der Waals surface area contributed by atoms with E-state index in [0.29, 0.717) is 48.6 Å². The van der Waals surface area contributed by atoms with Crippen LogP contribution >= 0.6 is 0 Å². The molecule has 7 heteroatoms. The second-order valence-electron chi connectivity index (χ2n) is 8.12. The summed E-state index contributed by atoms with van der Waals surface area (Å²) in [5.74, 6) is 0.533. The number of piperazine rings is 1. The molecule has 2 heterocycles. The lowest BCUT2D eigenvalue weighted by atomic mass is 10.0. The summed E-state index contributed by atoms with van der Waals surface area (Å²) in [5, 5.41) is 9.92. The zero-order chi connectivity index (χ0) is 22.8. The Hall–Kier alpha value is -3.97. The molecule has 1 aliphatic rings. The molecule has 1 amide bonds. The van der Waals surface area contributed by atoms with Crippen LogP contribution in [0.25, 0.3) is 22.0 Å². The molecule has 1 aliphatic heterocycles. The van der Waals surface area contributed by atoms with Crippen LogP contribution in [0.1, 0.15) is 15.9 Å². The summed E-state index contributed by atoms with van der Waals surface area (Å²) >= 11 is 0.